The van der Waals surface area contributed by atoms with Crippen LogP contribution >= 0.6 is 0 Å². The van der Waals surface area contributed by atoms with Gasteiger partial charge < -0.3 is 19.0 Å². The van der Waals surface area contributed by atoms with Gasteiger partial charge in [0.2, 0.25) is 0 Å². The van der Waals surface area contributed by atoms with Gasteiger partial charge in [-0.05, 0) is 43.3 Å². The van der Waals surface area contributed by atoms with Crippen LogP contribution in [0.2, 0.25) is 13.1 Å². The van der Waals surface area contributed by atoms with Crippen molar-refractivity contribution in [2.75, 3.05) is 6.61 Å². The predicted octanol–water partition coefficient (Wildman–Crippen LogP) is 3.25. The van der Waals surface area contributed by atoms with Gasteiger partial charge in [-0.25, -0.2) is 0 Å². The Morgan fingerprint density at radius 3 is 2.52 bits per heavy atom. The van der Waals surface area contributed by atoms with Gasteiger partial charge in [0, 0.05) is 18.9 Å². The maximum atomic E-state index is 10.4. The van der Waals surface area contributed by atoms with Gasteiger partial charge in [-0.15, -0.1) is 0 Å². The Morgan fingerprint density at radius 2 is 2.00 bits per heavy atom. The first-order valence-electron chi connectivity index (χ1n) is 8.99. The molecule has 0 bridgehead atoms. The molecule has 5 heteroatoms. The highest BCUT2D eigenvalue weighted by molar-refractivity contribution is 6.48. The lowest BCUT2D eigenvalue weighted by Crippen LogP contribution is -2.44. The highest BCUT2D eigenvalue weighted by Crippen LogP contribution is 2.43. The van der Waals surface area contributed by atoms with E-state index in [-0.39, 0.29) is 29.8 Å². The third-order valence-electron chi connectivity index (χ3n) is 4.78. The Hall–Kier alpha value is -0.203. The van der Waals surface area contributed by atoms with Crippen molar-refractivity contribution in [2.45, 2.75) is 84.2 Å². The SMILES string of the molecule is C=C1[C@H](O)C[C@H](OC2CCCCO2)[C@@H]1C(O[SiH](C)C)C(C)(C)C. The first-order chi connectivity index (χ1) is 10.7. The van der Waals surface area contributed by atoms with E-state index in [1.54, 1.807) is 0 Å². The maximum absolute atomic E-state index is 10.4. The van der Waals surface area contributed by atoms with Gasteiger partial charge in [0.15, 0.2) is 15.3 Å². The summed E-state index contributed by atoms with van der Waals surface area (Å²) < 4.78 is 18.4. The van der Waals surface area contributed by atoms with Crippen LogP contribution in [0.15, 0.2) is 12.2 Å². The number of hydrogen-bond acceptors (Lipinski definition) is 4. The summed E-state index contributed by atoms with van der Waals surface area (Å²) in [6.07, 6.45) is 3.08. The zero-order chi connectivity index (χ0) is 17.2. The molecule has 0 aromatic carbocycles. The van der Waals surface area contributed by atoms with E-state index < -0.39 is 15.1 Å². The van der Waals surface area contributed by atoms with Crippen molar-refractivity contribution < 1.29 is 19.0 Å². The molecule has 1 saturated carbocycles. The second-order valence-electron chi connectivity index (χ2n) is 8.29. The molecule has 134 valence electrons. The fourth-order valence-electron chi connectivity index (χ4n) is 3.64. The van der Waals surface area contributed by atoms with Crippen LogP contribution in [-0.4, -0.2) is 45.4 Å². The molecule has 0 amide bonds. The molecule has 2 unspecified atom stereocenters. The lowest BCUT2D eigenvalue weighted by molar-refractivity contribution is -0.201. The Balaban J connectivity index is 2.16. The van der Waals surface area contributed by atoms with Crippen molar-refractivity contribution in [1.29, 1.82) is 0 Å². The van der Waals surface area contributed by atoms with Crippen molar-refractivity contribution in [3.8, 4) is 0 Å². The molecule has 0 aromatic rings. The molecule has 1 heterocycles. The first kappa shape index (κ1) is 19.1. The lowest BCUT2D eigenvalue weighted by Gasteiger charge is -2.40. The van der Waals surface area contributed by atoms with Gasteiger partial charge in [0.25, 0.3) is 0 Å². The van der Waals surface area contributed by atoms with E-state index in [1.165, 1.54) is 0 Å². The molecule has 5 atom stereocenters. The van der Waals surface area contributed by atoms with Crippen molar-refractivity contribution in [2.24, 2.45) is 11.3 Å². The van der Waals surface area contributed by atoms with E-state index in [2.05, 4.69) is 40.4 Å². The Labute approximate surface area is 142 Å². The summed E-state index contributed by atoms with van der Waals surface area (Å²) in [7, 11) is -1.21. The van der Waals surface area contributed by atoms with Crippen molar-refractivity contribution >= 4 is 9.04 Å². The highest BCUT2D eigenvalue weighted by Gasteiger charge is 2.47. The smallest absolute Gasteiger partial charge is 0.171 e. The lowest BCUT2D eigenvalue weighted by atomic mass is 9.78. The van der Waals surface area contributed by atoms with Crippen molar-refractivity contribution in [3.63, 3.8) is 0 Å². The van der Waals surface area contributed by atoms with Crippen LogP contribution in [0.1, 0.15) is 46.5 Å². The number of aliphatic hydroxyl groups excluding tert-OH is 1. The van der Waals surface area contributed by atoms with Gasteiger partial charge >= 0.3 is 0 Å². The molecule has 1 N–H and O–H groups in total. The van der Waals surface area contributed by atoms with Crippen LogP contribution in [0.25, 0.3) is 0 Å². The number of aliphatic hydroxyl groups is 1. The monoisotopic (exact) mass is 342 g/mol. The summed E-state index contributed by atoms with van der Waals surface area (Å²) in [6.45, 7) is 15.9. The topological polar surface area (TPSA) is 47.9 Å². The number of ether oxygens (including phenoxy) is 2. The quantitative estimate of drug-likeness (QED) is 0.615. The summed E-state index contributed by atoms with van der Waals surface area (Å²) >= 11 is 0. The zero-order valence-corrected chi connectivity index (χ0v) is 16.5. The van der Waals surface area contributed by atoms with Crippen LogP contribution in [0.4, 0.5) is 0 Å². The fourth-order valence-corrected chi connectivity index (χ4v) is 4.81. The third-order valence-corrected chi connectivity index (χ3v) is 5.61. The average Bonchev–Trinajstić information content (AvgIpc) is 2.71. The zero-order valence-electron chi connectivity index (χ0n) is 15.4. The molecule has 0 aromatic heterocycles. The van der Waals surface area contributed by atoms with Crippen LogP contribution in [0.3, 0.4) is 0 Å². The molecule has 2 aliphatic rings. The number of hydrogen-bond donors (Lipinski definition) is 1. The second-order valence-corrected chi connectivity index (χ2v) is 10.7. The highest BCUT2D eigenvalue weighted by atomic mass is 28.3. The second kappa shape index (κ2) is 7.79. The number of rotatable bonds is 5. The van der Waals surface area contributed by atoms with E-state index in [0.717, 1.165) is 31.4 Å². The van der Waals surface area contributed by atoms with E-state index in [0.29, 0.717) is 6.42 Å². The Bertz CT molecular complexity index is 398. The molecule has 2 fully saturated rings. The molecule has 0 radical (unpaired) electrons. The van der Waals surface area contributed by atoms with Crippen molar-refractivity contribution in [3.05, 3.63) is 12.2 Å². The largest absolute Gasteiger partial charge is 0.416 e. The summed E-state index contributed by atoms with van der Waals surface area (Å²) in [4.78, 5) is 0. The van der Waals surface area contributed by atoms with E-state index in [4.69, 9.17) is 13.9 Å². The van der Waals surface area contributed by atoms with Gasteiger partial charge in [-0.1, -0.05) is 27.4 Å². The Morgan fingerprint density at radius 1 is 1.30 bits per heavy atom. The molecule has 4 nitrogen and oxygen atoms in total. The van der Waals surface area contributed by atoms with Gasteiger partial charge in [0.05, 0.1) is 18.3 Å². The minimum absolute atomic E-state index is 0.0207. The molecule has 1 saturated heterocycles. The average molecular weight is 343 g/mol. The fraction of sp³-hybridized carbons (Fsp3) is 0.889. The minimum atomic E-state index is -1.21. The third kappa shape index (κ3) is 4.89. The standard InChI is InChI=1S/C18H34O4Si/c1-12-13(19)11-14(21-15-9-7-8-10-20-15)16(12)17(18(2,3)4)22-23(5)6/h13-17,19,23H,1,7-11H2,2-6H3/t13-,14+,15?,16-,17?/m1/s1. The molecule has 23 heavy (non-hydrogen) atoms. The van der Waals surface area contributed by atoms with Crippen LogP contribution < -0.4 is 0 Å². The summed E-state index contributed by atoms with van der Waals surface area (Å²) in [5, 5.41) is 10.4. The van der Waals surface area contributed by atoms with E-state index >= 15 is 0 Å². The predicted molar refractivity (Wildman–Crippen MR) is 94.9 cm³/mol. The van der Waals surface area contributed by atoms with Crippen LogP contribution in [0, 0.1) is 11.3 Å². The van der Waals surface area contributed by atoms with Crippen LogP contribution in [-0.2, 0) is 13.9 Å². The molecular formula is C18H34O4Si. The van der Waals surface area contributed by atoms with E-state index in [9.17, 15) is 5.11 Å². The van der Waals surface area contributed by atoms with Gasteiger partial charge in [-0.2, -0.15) is 0 Å². The first-order valence-corrected chi connectivity index (χ1v) is 11.8. The maximum Gasteiger partial charge on any atom is 0.171 e. The molecule has 0 spiro atoms. The summed E-state index contributed by atoms with van der Waals surface area (Å²) in [6, 6.07) is 0. The molecule has 1 aliphatic heterocycles. The normalized spacial score (nSPS) is 34.1. The molecule has 2 rings (SSSR count). The van der Waals surface area contributed by atoms with Crippen LogP contribution in [0.5, 0.6) is 0 Å². The Kier molecular flexibility index (Phi) is 6.47. The molecular weight excluding hydrogens is 308 g/mol. The summed E-state index contributed by atoms with van der Waals surface area (Å²) in [5.41, 5.74) is 0.838. The molecule has 1 aliphatic carbocycles. The summed E-state index contributed by atoms with van der Waals surface area (Å²) in [5.74, 6) is 0.0328. The van der Waals surface area contributed by atoms with Gasteiger partial charge in [-0.3, -0.25) is 0 Å². The van der Waals surface area contributed by atoms with Gasteiger partial charge in [0.1, 0.15) is 0 Å². The minimum Gasteiger partial charge on any atom is -0.416 e. The van der Waals surface area contributed by atoms with Crippen molar-refractivity contribution in [1.82, 2.24) is 0 Å². The van der Waals surface area contributed by atoms with E-state index in [1.807, 2.05) is 0 Å².